The van der Waals surface area contributed by atoms with Crippen molar-refractivity contribution in [3.63, 3.8) is 0 Å². The molecule has 0 bridgehead atoms. The maximum absolute atomic E-state index is 11.6. The zero-order valence-electron chi connectivity index (χ0n) is 9.76. The smallest absolute Gasteiger partial charge is 0.414 e. The number of nitrogens with zero attached hydrogens (tertiary/aromatic N) is 1. The van der Waals surface area contributed by atoms with E-state index < -0.39 is 0 Å². The van der Waals surface area contributed by atoms with Crippen molar-refractivity contribution in [2.45, 2.75) is 19.3 Å². The summed E-state index contributed by atoms with van der Waals surface area (Å²) in [5.41, 5.74) is 2.01. The fraction of sp³-hybridized carbons (Fsp3) is 0.462. The monoisotopic (exact) mass is 235 g/mol. The second kappa shape index (κ2) is 5.68. The fourth-order valence-electron chi connectivity index (χ4n) is 1.95. The second-order valence-corrected chi connectivity index (χ2v) is 4.12. The standard InChI is InChI=1S/C13H17NO3/c15-8-2-5-11-4-1-6-12(10-11)14-7-3-9-17-13(14)16/h1,4,6,10,15H,2-3,5,7-9H2. The van der Waals surface area contributed by atoms with Crippen LogP contribution < -0.4 is 4.90 Å². The van der Waals surface area contributed by atoms with Gasteiger partial charge in [0.2, 0.25) is 0 Å². The van der Waals surface area contributed by atoms with Crippen LogP contribution in [0.3, 0.4) is 0 Å². The Kier molecular flexibility index (Phi) is 3.98. The highest BCUT2D eigenvalue weighted by Crippen LogP contribution is 2.20. The average molecular weight is 235 g/mol. The maximum atomic E-state index is 11.6. The lowest BCUT2D eigenvalue weighted by atomic mass is 10.1. The van der Waals surface area contributed by atoms with Crippen LogP contribution in [0.2, 0.25) is 0 Å². The number of carbonyl (C=O) groups excluding carboxylic acids is 1. The van der Waals surface area contributed by atoms with Gasteiger partial charge < -0.3 is 9.84 Å². The molecule has 4 nitrogen and oxygen atoms in total. The van der Waals surface area contributed by atoms with Gasteiger partial charge in [0.1, 0.15) is 0 Å². The molecule has 1 heterocycles. The number of anilines is 1. The van der Waals surface area contributed by atoms with E-state index in [1.165, 1.54) is 0 Å². The third-order valence-electron chi connectivity index (χ3n) is 2.82. The number of rotatable bonds is 4. The van der Waals surface area contributed by atoms with Crippen molar-refractivity contribution in [2.24, 2.45) is 0 Å². The molecule has 0 radical (unpaired) electrons. The molecule has 4 heteroatoms. The van der Waals surface area contributed by atoms with Crippen LogP contribution in [0.25, 0.3) is 0 Å². The highest BCUT2D eigenvalue weighted by Gasteiger charge is 2.21. The molecule has 1 aliphatic heterocycles. The van der Waals surface area contributed by atoms with Gasteiger partial charge in [0.05, 0.1) is 6.61 Å². The SMILES string of the molecule is O=C1OCCCN1c1cccc(CCCO)c1. The molecule has 0 atom stereocenters. The third-order valence-corrected chi connectivity index (χ3v) is 2.82. The lowest BCUT2D eigenvalue weighted by Crippen LogP contribution is -2.37. The highest BCUT2D eigenvalue weighted by atomic mass is 16.6. The van der Waals surface area contributed by atoms with E-state index in [0.29, 0.717) is 13.2 Å². The van der Waals surface area contributed by atoms with Gasteiger partial charge >= 0.3 is 6.09 Å². The molecule has 1 aliphatic rings. The molecular formula is C13H17NO3. The number of aliphatic hydroxyl groups excluding tert-OH is 1. The summed E-state index contributed by atoms with van der Waals surface area (Å²) in [7, 11) is 0. The number of benzene rings is 1. The Labute approximate surface area is 101 Å². The molecule has 92 valence electrons. The number of amides is 1. The predicted octanol–water partition coefficient (Wildman–Crippen LogP) is 1.96. The molecule has 1 saturated heterocycles. The zero-order valence-corrected chi connectivity index (χ0v) is 9.76. The molecule has 1 amide bonds. The van der Waals surface area contributed by atoms with Gasteiger partial charge in [-0.05, 0) is 37.0 Å². The Morgan fingerprint density at radius 3 is 3.06 bits per heavy atom. The Balaban J connectivity index is 2.11. The molecular weight excluding hydrogens is 218 g/mol. The lowest BCUT2D eigenvalue weighted by molar-refractivity contribution is 0.140. The number of ether oxygens (including phenoxy) is 1. The number of cyclic esters (lactones) is 1. The maximum Gasteiger partial charge on any atom is 0.414 e. The Morgan fingerprint density at radius 2 is 2.29 bits per heavy atom. The van der Waals surface area contributed by atoms with Crippen LogP contribution >= 0.6 is 0 Å². The minimum atomic E-state index is -0.268. The first kappa shape index (κ1) is 11.9. The van der Waals surface area contributed by atoms with Crippen LogP contribution in [0, 0.1) is 0 Å². The molecule has 1 fully saturated rings. The highest BCUT2D eigenvalue weighted by molar-refractivity contribution is 5.88. The Hall–Kier alpha value is -1.55. The summed E-state index contributed by atoms with van der Waals surface area (Å²) in [5.74, 6) is 0. The van der Waals surface area contributed by atoms with Crippen LogP contribution in [0.4, 0.5) is 10.5 Å². The van der Waals surface area contributed by atoms with Crippen molar-refractivity contribution in [3.05, 3.63) is 29.8 Å². The molecule has 17 heavy (non-hydrogen) atoms. The van der Waals surface area contributed by atoms with E-state index in [0.717, 1.165) is 30.5 Å². The summed E-state index contributed by atoms with van der Waals surface area (Å²) < 4.78 is 5.01. The molecule has 1 aromatic carbocycles. The molecule has 0 spiro atoms. The van der Waals surface area contributed by atoms with Crippen molar-refractivity contribution >= 4 is 11.8 Å². The normalized spacial score (nSPS) is 15.8. The fourth-order valence-corrected chi connectivity index (χ4v) is 1.95. The van der Waals surface area contributed by atoms with E-state index in [1.807, 2.05) is 24.3 Å². The van der Waals surface area contributed by atoms with Crippen molar-refractivity contribution < 1.29 is 14.6 Å². The van der Waals surface area contributed by atoms with Crippen LogP contribution in [-0.4, -0.2) is 31.0 Å². The van der Waals surface area contributed by atoms with Crippen LogP contribution in [0.5, 0.6) is 0 Å². The number of carbonyl (C=O) groups is 1. The van der Waals surface area contributed by atoms with E-state index in [9.17, 15) is 4.79 Å². The predicted molar refractivity (Wildman–Crippen MR) is 65.2 cm³/mol. The van der Waals surface area contributed by atoms with Gasteiger partial charge in [0, 0.05) is 18.8 Å². The molecule has 1 N–H and O–H groups in total. The Bertz CT molecular complexity index is 392. The number of hydrogen-bond acceptors (Lipinski definition) is 3. The Morgan fingerprint density at radius 1 is 1.41 bits per heavy atom. The van der Waals surface area contributed by atoms with E-state index in [2.05, 4.69) is 0 Å². The van der Waals surface area contributed by atoms with Crippen molar-refractivity contribution in [1.29, 1.82) is 0 Å². The summed E-state index contributed by atoms with van der Waals surface area (Å²) in [6.45, 7) is 1.41. The van der Waals surface area contributed by atoms with Gasteiger partial charge in [-0.15, -0.1) is 0 Å². The van der Waals surface area contributed by atoms with E-state index in [4.69, 9.17) is 9.84 Å². The quantitative estimate of drug-likeness (QED) is 0.867. The van der Waals surface area contributed by atoms with Crippen molar-refractivity contribution in [1.82, 2.24) is 0 Å². The molecule has 0 saturated carbocycles. The minimum Gasteiger partial charge on any atom is -0.449 e. The van der Waals surface area contributed by atoms with E-state index in [-0.39, 0.29) is 12.7 Å². The first-order valence-electron chi connectivity index (χ1n) is 5.95. The minimum absolute atomic E-state index is 0.190. The van der Waals surface area contributed by atoms with Crippen LogP contribution in [0.1, 0.15) is 18.4 Å². The van der Waals surface area contributed by atoms with Crippen molar-refractivity contribution in [3.8, 4) is 0 Å². The lowest BCUT2D eigenvalue weighted by Gasteiger charge is -2.26. The molecule has 0 aliphatic carbocycles. The first-order chi connectivity index (χ1) is 8.31. The van der Waals surface area contributed by atoms with Gasteiger partial charge in [-0.3, -0.25) is 4.90 Å². The van der Waals surface area contributed by atoms with Crippen LogP contribution in [0.15, 0.2) is 24.3 Å². The topological polar surface area (TPSA) is 49.8 Å². The second-order valence-electron chi connectivity index (χ2n) is 4.12. The van der Waals surface area contributed by atoms with E-state index in [1.54, 1.807) is 4.90 Å². The summed E-state index contributed by atoms with van der Waals surface area (Å²) in [4.78, 5) is 13.2. The van der Waals surface area contributed by atoms with Gasteiger partial charge in [-0.1, -0.05) is 12.1 Å². The zero-order chi connectivity index (χ0) is 12.1. The largest absolute Gasteiger partial charge is 0.449 e. The van der Waals surface area contributed by atoms with Gasteiger partial charge in [0.15, 0.2) is 0 Å². The number of hydrogen-bond donors (Lipinski definition) is 1. The molecule has 0 aromatic heterocycles. The summed E-state index contributed by atoms with van der Waals surface area (Å²) in [6, 6.07) is 7.84. The number of aliphatic hydroxyl groups is 1. The third kappa shape index (κ3) is 2.97. The molecule has 1 aromatic rings. The van der Waals surface area contributed by atoms with Crippen LogP contribution in [-0.2, 0) is 11.2 Å². The van der Waals surface area contributed by atoms with Gasteiger partial charge in [0.25, 0.3) is 0 Å². The number of aryl methyl sites for hydroxylation is 1. The van der Waals surface area contributed by atoms with Gasteiger partial charge in [-0.25, -0.2) is 4.79 Å². The molecule has 2 rings (SSSR count). The van der Waals surface area contributed by atoms with Gasteiger partial charge in [-0.2, -0.15) is 0 Å². The first-order valence-corrected chi connectivity index (χ1v) is 5.95. The average Bonchev–Trinajstić information content (AvgIpc) is 2.37. The van der Waals surface area contributed by atoms with Crippen molar-refractivity contribution in [2.75, 3.05) is 24.7 Å². The summed E-state index contributed by atoms with van der Waals surface area (Å²) >= 11 is 0. The summed E-state index contributed by atoms with van der Waals surface area (Å²) in [6.07, 6.45) is 2.17. The summed E-state index contributed by atoms with van der Waals surface area (Å²) in [5, 5.41) is 8.80. The molecule has 0 unspecified atom stereocenters. The van der Waals surface area contributed by atoms with E-state index >= 15 is 0 Å².